The number of nitrogens with one attached hydrogen (secondary N) is 2. The molecule has 0 unspecified atom stereocenters. The third kappa shape index (κ3) is 3.30. The van der Waals surface area contributed by atoms with Crippen molar-refractivity contribution in [3.8, 4) is 0 Å². The van der Waals surface area contributed by atoms with Crippen LogP contribution in [0.15, 0.2) is 6.33 Å². The summed E-state index contributed by atoms with van der Waals surface area (Å²) in [5.74, 6) is 1.40. The molecule has 7 heteroatoms. The second-order valence-corrected chi connectivity index (χ2v) is 5.28. The highest BCUT2D eigenvalue weighted by Gasteiger charge is 2.24. The van der Waals surface area contributed by atoms with Crippen molar-refractivity contribution < 1.29 is 4.79 Å². The normalized spacial score (nSPS) is 16.1. The van der Waals surface area contributed by atoms with Crippen LogP contribution in [0.25, 0.3) is 0 Å². The van der Waals surface area contributed by atoms with Crippen LogP contribution >= 0.6 is 11.6 Å². The molecule has 0 saturated carbocycles. The Bertz CT molecular complexity index is 474. The summed E-state index contributed by atoms with van der Waals surface area (Å²) in [7, 11) is 3.49. The summed E-state index contributed by atoms with van der Waals surface area (Å²) in [6.07, 6.45) is 4.05. The Kier molecular flexibility index (Phi) is 5.00. The maximum Gasteiger partial charge on any atom is 0.220 e. The first-order chi connectivity index (χ1) is 9.65. The van der Waals surface area contributed by atoms with E-state index in [9.17, 15) is 4.79 Å². The molecule has 1 fully saturated rings. The molecule has 1 aromatic heterocycles. The number of nitrogens with zero attached hydrogens (tertiary/aromatic N) is 3. The topological polar surface area (TPSA) is 70.2 Å². The van der Waals surface area contributed by atoms with E-state index in [1.807, 2.05) is 7.05 Å². The maximum atomic E-state index is 11.4. The first kappa shape index (κ1) is 14.8. The van der Waals surface area contributed by atoms with Crippen molar-refractivity contribution >= 4 is 29.0 Å². The summed E-state index contributed by atoms with van der Waals surface area (Å²) in [4.78, 5) is 21.9. The van der Waals surface area contributed by atoms with Crippen molar-refractivity contribution in [1.29, 1.82) is 0 Å². The molecule has 0 bridgehead atoms. The number of rotatable bonds is 4. The molecule has 6 nitrogen and oxygen atoms in total. The van der Waals surface area contributed by atoms with Crippen molar-refractivity contribution in [3.63, 3.8) is 0 Å². The maximum absolute atomic E-state index is 11.4. The average molecular weight is 298 g/mol. The van der Waals surface area contributed by atoms with Gasteiger partial charge in [-0.15, -0.1) is 0 Å². The zero-order chi connectivity index (χ0) is 14.5. The second kappa shape index (κ2) is 6.74. The molecule has 1 amide bonds. The van der Waals surface area contributed by atoms with Gasteiger partial charge in [-0.1, -0.05) is 11.6 Å². The van der Waals surface area contributed by atoms with E-state index < -0.39 is 0 Å². The molecule has 2 rings (SSSR count). The van der Waals surface area contributed by atoms with Gasteiger partial charge in [0.05, 0.1) is 0 Å². The Hall–Kier alpha value is -1.56. The van der Waals surface area contributed by atoms with Crippen molar-refractivity contribution in [2.24, 2.45) is 5.92 Å². The van der Waals surface area contributed by atoms with Gasteiger partial charge in [0.15, 0.2) is 11.0 Å². The Morgan fingerprint density at radius 1 is 1.40 bits per heavy atom. The summed E-state index contributed by atoms with van der Waals surface area (Å²) in [5.41, 5.74) is 0.763. The molecule has 0 spiro atoms. The molecule has 2 heterocycles. The van der Waals surface area contributed by atoms with Crippen molar-refractivity contribution in [1.82, 2.24) is 15.3 Å². The summed E-state index contributed by atoms with van der Waals surface area (Å²) >= 11 is 6.07. The van der Waals surface area contributed by atoms with E-state index in [0.717, 1.165) is 37.4 Å². The van der Waals surface area contributed by atoms with E-state index in [0.29, 0.717) is 17.5 Å². The summed E-state index contributed by atoms with van der Waals surface area (Å²) in [6.45, 7) is 1.76. The number of halogens is 1. The predicted octanol–water partition coefficient (Wildman–Crippen LogP) is 1.52. The SMILES string of the molecule is CNC(=O)CC1CCN(c2ncnc(Cl)c2NC)CC1. The minimum Gasteiger partial charge on any atom is -0.383 e. The number of amides is 1. The first-order valence-electron chi connectivity index (χ1n) is 6.79. The Morgan fingerprint density at radius 2 is 2.10 bits per heavy atom. The smallest absolute Gasteiger partial charge is 0.220 e. The minimum absolute atomic E-state index is 0.115. The number of carbonyl (C=O) groups is 1. The van der Waals surface area contributed by atoms with E-state index in [-0.39, 0.29) is 5.91 Å². The van der Waals surface area contributed by atoms with Gasteiger partial charge in [-0.3, -0.25) is 4.79 Å². The monoisotopic (exact) mass is 297 g/mol. The van der Waals surface area contributed by atoms with Gasteiger partial charge in [0.1, 0.15) is 12.0 Å². The Morgan fingerprint density at radius 3 is 2.70 bits per heavy atom. The third-order valence-corrected chi connectivity index (χ3v) is 3.98. The molecule has 20 heavy (non-hydrogen) atoms. The van der Waals surface area contributed by atoms with E-state index in [1.165, 1.54) is 6.33 Å². The van der Waals surface area contributed by atoms with Gasteiger partial charge in [-0.25, -0.2) is 9.97 Å². The van der Waals surface area contributed by atoms with Crippen LogP contribution in [0.2, 0.25) is 5.15 Å². The lowest BCUT2D eigenvalue weighted by molar-refractivity contribution is -0.121. The summed E-state index contributed by atoms with van der Waals surface area (Å²) in [5, 5.41) is 6.17. The van der Waals surface area contributed by atoms with Gasteiger partial charge in [-0.05, 0) is 18.8 Å². The van der Waals surface area contributed by atoms with Crippen LogP contribution in [0, 0.1) is 5.92 Å². The van der Waals surface area contributed by atoms with Crippen LogP contribution in [-0.2, 0) is 4.79 Å². The van der Waals surface area contributed by atoms with Crippen LogP contribution < -0.4 is 15.5 Å². The van der Waals surface area contributed by atoms with Crippen molar-refractivity contribution in [3.05, 3.63) is 11.5 Å². The number of anilines is 2. The fraction of sp³-hybridized carbons (Fsp3) is 0.615. The van der Waals surface area contributed by atoms with E-state index in [4.69, 9.17) is 11.6 Å². The van der Waals surface area contributed by atoms with Gasteiger partial charge in [0.25, 0.3) is 0 Å². The molecule has 0 radical (unpaired) electrons. The van der Waals surface area contributed by atoms with Crippen LogP contribution in [0.4, 0.5) is 11.5 Å². The van der Waals surface area contributed by atoms with E-state index in [1.54, 1.807) is 7.05 Å². The standard InChI is InChI=1S/C13H20ClN5O/c1-15-10(20)7-9-3-5-19(6-4-9)13-11(16-2)12(14)17-8-18-13/h8-9,16H,3-7H2,1-2H3,(H,15,20). The number of hydrogen-bond donors (Lipinski definition) is 2. The molecular weight excluding hydrogens is 278 g/mol. The number of carbonyl (C=O) groups excluding carboxylic acids is 1. The van der Waals surface area contributed by atoms with Gasteiger partial charge < -0.3 is 15.5 Å². The highest BCUT2D eigenvalue weighted by atomic mass is 35.5. The van der Waals surface area contributed by atoms with Gasteiger partial charge in [0.2, 0.25) is 5.91 Å². The highest BCUT2D eigenvalue weighted by Crippen LogP contribution is 2.32. The lowest BCUT2D eigenvalue weighted by Gasteiger charge is -2.33. The molecule has 110 valence electrons. The average Bonchev–Trinajstić information content (AvgIpc) is 2.47. The molecule has 1 aliphatic rings. The largest absolute Gasteiger partial charge is 0.383 e. The number of hydrogen-bond acceptors (Lipinski definition) is 5. The van der Waals surface area contributed by atoms with Crippen molar-refractivity contribution in [2.75, 3.05) is 37.4 Å². The van der Waals surface area contributed by atoms with Gasteiger partial charge in [-0.2, -0.15) is 0 Å². The minimum atomic E-state index is 0.115. The van der Waals surface area contributed by atoms with E-state index >= 15 is 0 Å². The molecular formula is C13H20ClN5O. The van der Waals surface area contributed by atoms with Gasteiger partial charge >= 0.3 is 0 Å². The van der Waals surface area contributed by atoms with Crippen LogP contribution in [-0.4, -0.2) is 43.1 Å². The predicted molar refractivity (Wildman–Crippen MR) is 80.2 cm³/mol. The lowest BCUT2D eigenvalue weighted by atomic mass is 9.93. The number of piperidine rings is 1. The van der Waals surface area contributed by atoms with Crippen LogP contribution in [0.5, 0.6) is 0 Å². The quantitative estimate of drug-likeness (QED) is 0.825. The zero-order valence-corrected chi connectivity index (χ0v) is 12.6. The molecule has 0 aliphatic carbocycles. The fourth-order valence-electron chi connectivity index (χ4n) is 2.52. The molecule has 1 aromatic rings. The van der Waals surface area contributed by atoms with Crippen LogP contribution in [0.1, 0.15) is 19.3 Å². The molecule has 1 aliphatic heterocycles. The molecule has 2 N–H and O–H groups in total. The van der Waals surface area contributed by atoms with Crippen molar-refractivity contribution in [2.45, 2.75) is 19.3 Å². The molecule has 0 atom stereocenters. The number of aromatic nitrogens is 2. The Balaban J connectivity index is 2.00. The lowest BCUT2D eigenvalue weighted by Crippen LogP contribution is -2.36. The third-order valence-electron chi connectivity index (χ3n) is 3.70. The summed E-state index contributed by atoms with van der Waals surface area (Å²) in [6, 6.07) is 0. The van der Waals surface area contributed by atoms with Gasteiger partial charge in [0, 0.05) is 33.6 Å². The second-order valence-electron chi connectivity index (χ2n) is 4.92. The molecule has 0 aromatic carbocycles. The highest BCUT2D eigenvalue weighted by molar-refractivity contribution is 6.32. The molecule has 1 saturated heterocycles. The van der Waals surface area contributed by atoms with Crippen LogP contribution in [0.3, 0.4) is 0 Å². The first-order valence-corrected chi connectivity index (χ1v) is 7.17. The Labute approximate surface area is 123 Å². The zero-order valence-electron chi connectivity index (χ0n) is 11.8. The van der Waals surface area contributed by atoms with E-state index in [2.05, 4.69) is 25.5 Å². The summed E-state index contributed by atoms with van der Waals surface area (Å²) < 4.78 is 0. The fourth-order valence-corrected chi connectivity index (χ4v) is 2.75.